The molecule has 250 valence electrons. The summed E-state index contributed by atoms with van der Waals surface area (Å²) < 4.78 is 0. The second-order valence-electron chi connectivity index (χ2n) is 11.7. The van der Waals surface area contributed by atoms with Gasteiger partial charge in [-0.15, -0.1) is 0 Å². The third-order valence-electron chi connectivity index (χ3n) is 7.57. The molecule has 0 aromatic heterocycles. The van der Waals surface area contributed by atoms with Gasteiger partial charge in [-0.2, -0.15) is 0 Å². The van der Waals surface area contributed by atoms with Gasteiger partial charge < -0.3 is 30.6 Å². The Morgan fingerprint density at radius 2 is 0.628 bits per heavy atom. The quantitative estimate of drug-likeness (QED) is 0.0263. The minimum atomic E-state index is -1.54. The molecule has 11 heteroatoms. The van der Waals surface area contributed by atoms with Gasteiger partial charge in [0.1, 0.15) is 11.2 Å². The number of hydrogen-bond acceptors (Lipinski definition) is 6. The van der Waals surface area contributed by atoms with Crippen LogP contribution in [0.1, 0.15) is 168 Å². The molecule has 0 aliphatic rings. The van der Waals surface area contributed by atoms with Crippen LogP contribution in [-0.2, 0) is 19.5 Å². The monoisotopic (exact) mass is 732 g/mol. The number of thiocarbonyl (C=S) groups is 4. The minimum absolute atomic E-state index is 0. The van der Waals surface area contributed by atoms with E-state index in [1.165, 1.54) is 89.9 Å². The van der Waals surface area contributed by atoms with Crippen molar-refractivity contribution in [3.8, 4) is 0 Å². The van der Waals surface area contributed by atoms with Gasteiger partial charge in [-0.1, -0.05) is 142 Å². The van der Waals surface area contributed by atoms with Crippen molar-refractivity contribution in [2.45, 2.75) is 179 Å². The van der Waals surface area contributed by atoms with Crippen LogP contribution >= 0.6 is 48.9 Å². The molecule has 0 spiro atoms. The van der Waals surface area contributed by atoms with Crippen molar-refractivity contribution in [2.75, 3.05) is 0 Å². The molecule has 2 unspecified atom stereocenters. The summed E-state index contributed by atoms with van der Waals surface area (Å²) in [5.41, 5.74) is -3.08. The van der Waals surface area contributed by atoms with Gasteiger partial charge in [-0.25, -0.2) is 0 Å². The molecule has 0 bridgehead atoms. The third kappa shape index (κ3) is 29.3. The van der Waals surface area contributed by atoms with E-state index in [0.29, 0.717) is 12.8 Å². The van der Waals surface area contributed by atoms with E-state index in [1.807, 2.05) is 0 Å². The average molecular weight is 734 g/mol. The standard InChI is InChI=1S/2C16H30O3S2.Zn/c2*1-2-3-4-5-6-7-8-9-10-11-12-16(19,15(18)21)13-14(17)20;/h2*19H,2-13H2,1H3,(H,17,20)(H,18,21);. The topological polar surface area (TPSA) is 121 Å². The Kier molecular flexibility index (Phi) is 34.0. The number of unbranched alkanes of at least 4 members (excludes halogenated alkanes) is 18. The smallest absolute Gasteiger partial charge is 0.189 e. The SMILES string of the molecule is CCCCCCCCCCCCC(O)(CC(O)=S)C(O)=S.CCCCCCCCCCCCC(O)(CC(O)=S)C(O)=S.[Zn]. The molecule has 0 aromatic rings. The van der Waals surface area contributed by atoms with Crippen molar-refractivity contribution in [1.29, 1.82) is 0 Å². The van der Waals surface area contributed by atoms with Crippen LogP contribution in [0.3, 0.4) is 0 Å². The van der Waals surface area contributed by atoms with E-state index < -0.39 is 21.3 Å². The fourth-order valence-electron chi connectivity index (χ4n) is 4.85. The predicted octanol–water partition coefficient (Wildman–Crippen LogP) is 10.4. The van der Waals surface area contributed by atoms with Gasteiger partial charge >= 0.3 is 0 Å². The molecule has 0 radical (unpaired) electrons. The fraction of sp³-hybridized carbons (Fsp3) is 0.875. The van der Waals surface area contributed by atoms with Crippen molar-refractivity contribution < 1.29 is 50.1 Å². The summed E-state index contributed by atoms with van der Waals surface area (Å²) in [7, 11) is 0. The molecule has 0 aliphatic carbocycles. The minimum Gasteiger partial charge on any atom is -0.502 e. The molecular weight excluding hydrogens is 674 g/mol. The van der Waals surface area contributed by atoms with E-state index in [2.05, 4.69) is 62.7 Å². The summed E-state index contributed by atoms with van der Waals surface area (Å²) >= 11 is 18.4. The van der Waals surface area contributed by atoms with Crippen molar-refractivity contribution >= 4 is 69.1 Å². The Balaban J connectivity index is -0.000000727. The van der Waals surface area contributed by atoms with Gasteiger partial charge in [0.2, 0.25) is 0 Å². The molecule has 6 N–H and O–H groups in total. The van der Waals surface area contributed by atoms with Crippen LogP contribution in [-0.4, -0.2) is 62.0 Å². The van der Waals surface area contributed by atoms with Gasteiger partial charge in [0.25, 0.3) is 0 Å². The van der Waals surface area contributed by atoms with Crippen LogP contribution in [0.2, 0.25) is 0 Å². The summed E-state index contributed by atoms with van der Waals surface area (Å²) in [5.74, 6) is 0. The zero-order valence-corrected chi connectivity index (χ0v) is 33.2. The summed E-state index contributed by atoms with van der Waals surface area (Å²) in [4.78, 5) is 0. The Morgan fingerprint density at radius 1 is 0.419 bits per heavy atom. The van der Waals surface area contributed by atoms with E-state index in [4.69, 9.17) is 10.2 Å². The van der Waals surface area contributed by atoms with Crippen LogP contribution in [0.15, 0.2) is 0 Å². The van der Waals surface area contributed by atoms with E-state index in [9.17, 15) is 20.4 Å². The van der Waals surface area contributed by atoms with Crippen LogP contribution in [0, 0.1) is 0 Å². The number of rotatable bonds is 28. The first-order valence-electron chi connectivity index (χ1n) is 16.2. The Morgan fingerprint density at radius 3 is 0.814 bits per heavy atom. The number of aliphatic hydroxyl groups excluding tert-OH is 4. The second-order valence-corrected chi connectivity index (χ2v) is 13.4. The number of hydrogen-bond donors (Lipinski definition) is 6. The molecule has 0 rings (SSSR count). The summed E-state index contributed by atoms with van der Waals surface area (Å²) in [6, 6.07) is 0. The third-order valence-corrected chi connectivity index (χ3v) is 8.62. The van der Waals surface area contributed by atoms with Crippen molar-refractivity contribution in [3.05, 3.63) is 0 Å². The molecule has 0 saturated heterocycles. The zero-order valence-electron chi connectivity index (χ0n) is 27.0. The maximum Gasteiger partial charge on any atom is 0.189 e. The van der Waals surface area contributed by atoms with E-state index in [-0.39, 0.29) is 42.4 Å². The van der Waals surface area contributed by atoms with Crippen LogP contribution in [0.5, 0.6) is 0 Å². The normalized spacial score (nSPS) is 13.5. The largest absolute Gasteiger partial charge is 0.502 e. The van der Waals surface area contributed by atoms with Crippen LogP contribution in [0.4, 0.5) is 0 Å². The van der Waals surface area contributed by atoms with Gasteiger partial charge in [0, 0.05) is 19.5 Å². The molecular formula is C32H60O6S4Zn. The van der Waals surface area contributed by atoms with Gasteiger partial charge in [-0.05, 0) is 61.7 Å². The first kappa shape index (κ1) is 47.5. The van der Waals surface area contributed by atoms with Crippen LogP contribution < -0.4 is 0 Å². The predicted molar refractivity (Wildman–Crippen MR) is 193 cm³/mol. The van der Waals surface area contributed by atoms with E-state index >= 15 is 0 Å². The molecule has 6 nitrogen and oxygen atoms in total. The number of aliphatic hydroxyl groups is 6. The molecule has 2 atom stereocenters. The van der Waals surface area contributed by atoms with Crippen molar-refractivity contribution in [2.24, 2.45) is 0 Å². The maximum atomic E-state index is 10.1. The van der Waals surface area contributed by atoms with E-state index in [1.54, 1.807) is 0 Å². The summed E-state index contributed by atoms with van der Waals surface area (Å²) in [6.45, 7) is 4.45. The molecule has 0 aliphatic heterocycles. The Hall–Kier alpha value is 0.103. The fourth-order valence-corrected chi connectivity index (χ4v) is 5.68. The Bertz CT molecular complexity index is 683. The van der Waals surface area contributed by atoms with Crippen LogP contribution in [0.25, 0.3) is 0 Å². The zero-order chi connectivity index (χ0) is 32.3. The summed E-state index contributed by atoms with van der Waals surface area (Å²) in [6.07, 6.45) is 24.4. The maximum absolute atomic E-state index is 10.1. The van der Waals surface area contributed by atoms with Crippen molar-refractivity contribution in [3.63, 3.8) is 0 Å². The molecule has 43 heavy (non-hydrogen) atoms. The van der Waals surface area contributed by atoms with Gasteiger partial charge in [0.15, 0.2) is 20.2 Å². The molecule has 0 amide bonds. The molecule has 0 aromatic carbocycles. The second kappa shape index (κ2) is 30.7. The van der Waals surface area contributed by atoms with Gasteiger partial charge in [-0.3, -0.25) is 0 Å². The molecule has 0 saturated carbocycles. The molecule has 0 fully saturated rings. The average Bonchev–Trinajstić information content (AvgIpc) is 2.90. The van der Waals surface area contributed by atoms with Crippen molar-refractivity contribution in [1.82, 2.24) is 0 Å². The molecule has 0 heterocycles. The summed E-state index contributed by atoms with van der Waals surface area (Å²) in [5, 5.41) is 55.6. The Labute approximate surface area is 296 Å². The van der Waals surface area contributed by atoms with E-state index in [0.717, 1.165) is 38.5 Å². The first-order chi connectivity index (χ1) is 19.8. The van der Waals surface area contributed by atoms with Gasteiger partial charge in [0.05, 0.1) is 12.8 Å². The first-order valence-corrected chi connectivity index (χ1v) is 17.8.